The second-order valence-electron chi connectivity index (χ2n) is 6.13. The second-order valence-corrected chi connectivity index (χ2v) is 6.13. The number of hydrogen-bond acceptors (Lipinski definition) is 2. The first kappa shape index (κ1) is 24.7. The Hall–Kier alpha value is -2.30. The number of guanidine groups is 1. The molecule has 0 heterocycles. The smallest absolute Gasteiger partial charge is 0.366 e. The van der Waals surface area contributed by atoms with Gasteiger partial charge in [-0.3, -0.25) is 4.79 Å². The molecule has 1 amide bonds. The summed E-state index contributed by atoms with van der Waals surface area (Å²) in [5.74, 6) is 0.127. The molecule has 2 aromatic rings. The minimum atomic E-state index is -4.32. The van der Waals surface area contributed by atoms with Crippen LogP contribution < -0.4 is 16.4 Å². The molecular weight excluding hydrogens is 496 g/mol. The number of primary amides is 1. The van der Waals surface area contributed by atoms with E-state index in [1.54, 1.807) is 24.3 Å². The predicted molar refractivity (Wildman–Crippen MR) is 118 cm³/mol. The number of halogens is 4. The van der Waals surface area contributed by atoms with E-state index in [9.17, 15) is 18.0 Å². The molecule has 29 heavy (non-hydrogen) atoms. The number of nitrogens with zero attached hydrogens (tertiary/aromatic N) is 1. The van der Waals surface area contributed by atoms with Crippen LogP contribution in [-0.2, 0) is 19.1 Å². The molecule has 4 N–H and O–H groups in total. The minimum Gasteiger partial charge on any atom is -0.366 e. The quantitative estimate of drug-likeness (QED) is 0.296. The first-order valence-corrected chi connectivity index (χ1v) is 8.86. The number of aliphatic imine (C=N–C) groups is 1. The zero-order valence-electron chi connectivity index (χ0n) is 15.9. The molecule has 0 aliphatic heterocycles. The molecule has 0 saturated carbocycles. The van der Waals surface area contributed by atoms with Crippen molar-refractivity contribution in [2.45, 2.75) is 26.1 Å². The van der Waals surface area contributed by atoms with E-state index in [0.29, 0.717) is 37.6 Å². The fourth-order valence-electron chi connectivity index (χ4n) is 2.47. The highest BCUT2D eigenvalue weighted by Crippen LogP contribution is 2.29. The van der Waals surface area contributed by atoms with Crippen LogP contribution in [0.2, 0.25) is 0 Å². The molecule has 0 unspecified atom stereocenters. The normalized spacial score (nSPS) is 11.5. The lowest BCUT2D eigenvalue weighted by Gasteiger charge is -2.12. The summed E-state index contributed by atoms with van der Waals surface area (Å²) in [5.41, 5.74) is 6.73. The van der Waals surface area contributed by atoms with Gasteiger partial charge in [0.2, 0.25) is 5.91 Å². The van der Waals surface area contributed by atoms with Crippen molar-refractivity contribution in [3.8, 4) is 0 Å². The highest BCUT2D eigenvalue weighted by molar-refractivity contribution is 14.0. The Kier molecular flexibility index (Phi) is 9.93. The van der Waals surface area contributed by atoms with Crippen molar-refractivity contribution in [1.82, 2.24) is 10.6 Å². The number of rotatable bonds is 7. The maximum absolute atomic E-state index is 12.6. The molecule has 0 fully saturated rings. The van der Waals surface area contributed by atoms with Gasteiger partial charge in [-0.05, 0) is 48.7 Å². The summed E-state index contributed by atoms with van der Waals surface area (Å²) in [4.78, 5) is 15.6. The first-order chi connectivity index (χ1) is 13.3. The van der Waals surface area contributed by atoms with E-state index >= 15 is 0 Å². The maximum atomic E-state index is 12.6. The van der Waals surface area contributed by atoms with Crippen LogP contribution in [0.4, 0.5) is 13.2 Å². The Labute approximate surface area is 185 Å². The van der Waals surface area contributed by atoms with Gasteiger partial charge in [-0.15, -0.1) is 24.0 Å². The molecule has 9 heteroatoms. The fourth-order valence-corrected chi connectivity index (χ4v) is 2.47. The van der Waals surface area contributed by atoms with Crippen molar-refractivity contribution in [2.75, 3.05) is 13.1 Å². The summed E-state index contributed by atoms with van der Waals surface area (Å²) < 4.78 is 37.8. The summed E-state index contributed by atoms with van der Waals surface area (Å²) in [6, 6.07) is 12.0. The molecule has 0 aromatic heterocycles. The van der Waals surface area contributed by atoms with Gasteiger partial charge < -0.3 is 16.4 Å². The van der Waals surface area contributed by atoms with Gasteiger partial charge in [0, 0.05) is 18.7 Å². The van der Waals surface area contributed by atoms with Crippen molar-refractivity contribution < 1.29 is 18.0 Å². The number of alkyl halides is 3. The highest BCUT2D eigenvalue weighted by Gasteiger charge is 2.29. The Morgan fingerprint density at radius 3 is 2.10 bits per heavy atom. The predicted octanol–water partition coefficient (Wildman–Crippen LogP) is 3.72. The monoisotopic (exact) mass is 520 g/mol. The van der Waals surface area contributed by atoms with Gasteiger partial charge >= 0.3 is 6.18 Å². The lowest BCUT2D eigenvalue weighted by atomic mass is 10.1. The van der Waals surface area contributed by atoms with E-state index in [-0.39, 0.29) is 24.0 Å². The number of nitrogens with one attached hydrogen (secondary N) is 2. The van der Waals surface area contributed by atoms with E-state index < -0.39 is 17.6 Å². The zero-order chi connectivity index (χ0) is 20.6. The third-order valence-electron chi connectivity index (χ3n) is 3.99. The molecule has 0 aliphatic carbocycles. The number of amides is 1. The van der Waals surface area contributed by atoms with Crippen molar-refractivity contribution in [2.24, 2.45) is 10.7 Å². The fraction of sp³-hybridized carbons (Fsp3) is 0.300. The number of carbonyl (C=O) groups is 1. The van der Waals surface area contributed by atoms with E-state index in [0.717, 1.165) is 23.3 Å². The topological polar surface area (TPSA) is 79.5 Å². The zero-order valence-corrected chi connectivity index (χ0v) is 18.3. The number of benzene rings is 2. The van der Waals surface area contributed by atoms with E-state index in [4.69, 9.17) is 5.73 Å². The van der Waals surface area contributed by atoms with Gasteiger partial charge in [0.25, 0.3) is 0 Å². The van der Waals surface area contributed by atoms with Gasteiger partial charge in [0.15, 0.2) is 5.96 Å². The van der Waals surface area contributed by atoms with Crippen molar-refractivity contribution >= 4 is 35.8 Å². The van der Waals surface area contributed by atoms with Crippen LogP contribution >= 0.6 is 24.0 Å². The molecule has 5 nitrogen and oxygen atoms in total. The van der Waals surface area contributed by atoms with Gasteiger partial charge in [-0.1, -0.05) is 24.3 Å². The second kappa shape index (κ2) is 11.6. The van der Waals surface area contributed by atoms with Gasteiger partial charge in [0.05, 0.1) is 12.1 Å². The molecule has 2 rings (SSSR count). The third kappa shape index (κ3) is 8.30. The van der Waals surface area contributed by atoms with Crippen LogP contribution in [0.25, 0.3) is 0 Å². The Morgan fingerprint density at radius 1 is 1.00 bits per heavy atom. The Bertz CT molecular complexity index is 806. The van der Waals surface area contributed by atoms with Gasteiger partial charge in [-0.2, -0.15) is 13.2 Å². The summed E-state index contributed by atoms with van der Waals surface area (Å²) in [5, 5.41) is 6.27. The number of carbonyl (C=O) groups excluding carboxylic acids is 1. The van der Waals surface area contributed by atoms with Crippen LogP contribution in [0.3, 0.4) is 0 Å². The Morgan fingerprint density at radius 2 is 1.59 bits per heavy atom. The van der Waals surface area contributed by atoms with Crippen LogP contribution in [0.1, 0.15) is 34.0 Å². The molecule has 0 radical (unpaired) electrons. The lowest BCUT2D eigenvalue weighted by molar-refractivity contribution is -0.137. The molecule has 0 spiro atoms. The van der Waals surface area contributed by atoms with Gasteiger partial charge in [-0.25, -0.2) is 4.99 Å². The molecule has 0 aliphatic rings. The molecule has 2 aromatic carbocycles. The summed E-state index contributed by atoms with van der Waals surface area (Å²) >= 11 is 0. The molecule has 158 valence electrons. The van der Waals surface area contributed by atoms with Crippen LogP contribution in [0.15, 0.2) is 53.5 Å². The largest absolute Gasteiger partial charge is 0.416 e. The lowest BCUT2D eigenvalue weighted by Crippen LogP contribution is -2.38. The average Bonchev–Trinajstić information content (AvgIpc) is 2.66. The highest BCUT2D eigenvalue weighted by atomic mass is 127. The molecule has 0 atom stereocenters. The standard InChI is InChI=1S/C20H23F3N4O.HI/c1-2-25-19(27-13-15-3-7-16(8-4-15)18(24)28)26-12-11-14-5-9-17(10-6-14)20(21,22)23;/h3-10H,2,11-13H2,1H3,(H2,24,28)(H2,25,26,27);1H. The number of nitrogens with two attached hydrogens (primary N) is 1. The van der Waals surface area contributed by atoms with Crippen LogP contribution in [0, 0.1) is 0 Å². The van der Waals surface area contributed by atoms with Crippen molar-refractivity contribution in [1.29, 1.82) is 0 Å². The first-order valence-electron chi connectivity index (χ1n) is 8.86. The molecule has 0 saturated heterocycles. The SMILES string of the molecule is CCNC(=NCc1ccc(C(N)=O)cc1)NCCc1ccc(C(F)(F)F)cc1.I. The van der Waals surface area contributed by atoms with E-state index in [1.807, 2.05) is 6.92 Å². The minimum absolute atomic E-state index is 0. The Balaban J connectivity index is 0.00000420. The summed E-state index contributed by atoms with van der Waals surface area (Å²) in [6.07, 6.45) is -3.76. The third-order valence-corrected chi connectivity index (χ3v) is 3.99. The summed E-state index contributed by atoms with van der Waals surface area (Å²) in [7, 11) is 0. The van der Waals surface area contributed by atoms with Crippen LogP contribution in [0.5, 0.6) is 0 Å². The van der Waals surface area contributed by atoms with E-state index in [1.165, 1.54) is 12.1 Å². The average molecular weight is 520 g/mol. The van der Waals surface area contributed by atoms with E-state index in [2.05, 4.69) is 15.6 Å². The van der Waals surface area contributed by atoms with Crippen molar-refractivity contribution in [3.63, 3.8) is 0 Å². The number of hydrogen-bond donors (Lipinski definition) is 3. The molecule has 0 bridgehead atoms. The maximum Gasteiger partial charge on any atom is 0.416 e. The molecular formula is C20H24F3IN4O. The summed E-state index contributed by atoms with van der Waals surface area (Å²) in [6.45, 7) is 3.55. The van der Waals surface area contributed by atoms with Crippen molar-refractivity contribution in [3.05, 3.63) is 70.8 Å². The van der Waals surface area contributed by atoms with Gasteiger partial charge in [0.1, 0.15) is 0 Å². The van der Waals surface area contributed by atoms with Crippen LogP contribution in [-0.4, -0.2) is 25.0 Å².